The summed E-state index contributed by atoms with van der Waals surface area (Å²) in [7, 11) is 0. The van der Waals surface area contributed by atoms with Gasteiger partial charge in [-0.25, -0.2) is 0 Å². The molecule has 2 aromatic rings. The van der Waals surface area contributed by atoms with Crippen LogP contribution in [0, 0.1) is 0 Å². The average molecular weight is 177 g/mol. The standard InChI is InChI=1S/C8H7N3O2/c12-7-1-6(2-8(13)3-7)11-4-9-10-5-11/h1-5,12-13H. The van der Waals surface area contributed by atoms with Gasteiger partial charge in [0, 0.05) is 18.2 Å². The number of rotatable bonds is 1. The van der Waals surface area contributed by atoms with Crippen LogP contribution >= 0.6 is 0 Å². The first-order chi connectivity index (χ1) is 6.25. The van der Waals surface area contributed by atoms with Crippen LogP contribution in [0.1, 0.15) is 0 Å². The third kappa shape index (κ3) is 1.44. The van der Waals surface area contributed by atoms with Gasteiger partial charge in [0.15, 0.2) is 0 Å². The van der Waals surface area contributed by atoms with Crippen LogP contribution in [0.2, 0.25) is 0 Å². The largest absolute Gasteiger partial charge is 0.508 e. The first-order valence-electron chi connectivity index (χ1n) is 3.64. The fraction of sp³-hybridized carbons (Fsp3) is 0. The highest BCUT2D eigenvalue weighted by Crippen LogP contribution is 2.22. The average Bonchev–Trinajstić information content (AvgIpc) is 2.53. The topological polar surface area (TPSA) is 71.2 Å². The number of aromatic nitrogens is 3. The van der Waals surface area contributed by atoms with Crippen molar-refractivity contribution in [3.8, 4) is 17.2 Å². The van der Waals surface area contributed by atoms with Crippen LogP contribution in [0.25, 0.3) is 5.69 Å². The Morgan fingerprint density at radius 2 is 1.46 bits per heavy atom. The van der Waals surface area contributed by atoms with E-state index >= 15 is 0 Å². The van der Waals surface area contributed by atoms with Gasteiger partial charge in [-0.15, -0.1) is 10.2 Å². The molecule has 0 aliphatic carbocycles. The predicted octanol–water partition coefficient (Wildman–Crippen LogP) is 0.678. The first-order valence-corrected chi connectivity index (χ1v) is 3.64. The van der Waals surface area contributed by atoms with E-state index in [1.807, 2.05) is 0 Å². The van der Waals surface area contributed by atoms with Crippen molar-refractivity contribution >= 4 is 0 Å². The smallest absolute Gasteiger partial charge is 0.123 e. The summed E-state index contributed by atoms with van der Waals surface area (Å²) in [6.45, 7) is 0. The molecule has 0 bridgehead atoms. The molecule has 0 saturated carbocycles. The highest BCUT2D eigenvalue weighted by Gasteiger charge is 2.00. The van der Waals surface area contributed by atoms with Crippen LogP contribution in [0.3, 0.4) is 0 Å². The SMILES string of the molecule is Oc1cc(O)cc(-n2cnnc2)c1. The Hall–Kier alpha value is -2.04. The summed E-state index contributed by atoms with van der Waals surface area (Å²) in [4.78, 5) is 0. The third-order valence-corrected chi connectivity index (χ3v) is 1.60. The number of aromatic hydroxyl groups is 2. The number of hydrogen-bond donors (Lipinski definition) is 2. The van der Waals surface area contributed by atoms with Crippen LogP contribution in [-0.2, 0) is 0 Å². The first kappa shape index (κ1) is 7.60. The highest BCUT2D eigenvalue weighted by molar-refractivity contribution is 5.44. The zero-order chi connectivity index (χ0) is 9.26. The summed E-state index contributed by atoms with van der Waals surface area (Å²) in [5.74, 6) is 0.00685. The van der Waals surface area contributed by atoms with Crippen molar-refractivity contribution in [1.82, 2.24) is 14.8 Å². The molecule has 0 aliphatic rings. The van der Waals surface area contributed by atoms with E-state index in [9.17, 15) is 10.2 Å². The van der Waals surface area contributed by atoms with Crippen molar-refractivity contribution in [3.63, 3.8) is 0 Å². The minimum atomic E-state index is 0.00343. The van der Waals surface area contributed by atoms with Gasteiger partial charge in [-0.2, -0.15) is 0 Å². The van der Waals surface area contributed by atoms with Gasteiger partial charge in [0.05, 0.1) is 5.69 Å². The number of hydrogen-bond acceptors (Lipinski definition) is 4. The van der Waals surface area contributed by atoms with Gasteiger partial charge in [0.1, 0.15) is 24.2 Å². The lowest BCUT2D eigenvalue weighted by Crippen LogP contribution is -1.88. The van der Waals surface area contributed by atoms with Crippen molar-refractivity contribution in [2.24, 2.45) is 0 Å². The minimum Gasteiger partial charge on any atom is -0.508 e. The minimum absolute atomic E-state index is 0.00343. The fourth-order valence-corrected chi connectivity index (χ4v) is 1.06. The van der Waals surface area contributed by atoms with E-state index in [4.69, 9.17) is 0 Å². The zero-order valence-corrected chi connectivity index (χ0v) is 6.62. The molecular weight excluding hydrogens is 170 g/mol. The molecule has 0 amide bonds. The van der Waals surface area contributed by atoms with Gasteiger partial charge in [-0.05, 0) is 0 Å². The second-order valence-corrected chi connectivity index (χ2v) is 2.58. The van der Waals surface area contributed by atoms with Crippen LogP contribution in [-0.4, -0.2) is 25.0 Å². The van der Waals surface area contributed by atoms with E-state index in [-0.39, 0.29) is 11.5 Å². The fourth-order valence-electron chi connectivity index (χ4n) is 1.06. The van der Waals surface area contributed by atoms with Crippen molar-refractivity contribution < 1.29 is 10.2 Å². The molecule has 66 valence electrons. The van der Waals surface area contributed by atoms with Crippen molar-refractivity contribution in [2.45, 2.75) is 0 Å². The molecule has 0 radical (unpaired) electrons. The predicted molar refractivity (Wildman–Crippen MR) is 44.7 cm³/mol. The summed E-state index contributed by atoms with van der Waals surface area (Å²) in [6, 6.07) is 4.26. The maximum absolute atomic E-state index is 9.18. The maximum atomic E-state index is 9.18. The van der Waals surface area contributed by atoms with E-state index in [2.05, 4.69) is 10.2 Å². The van der Waals surface area contributed by atoms with Gasteiger partial charge in [0.2, 0.25) is 0 Å². The van der Waals surface area contributed by atoms with Gasteiger partial charge in [-0.1, -0.05) is 0 Å². The Balaban J connectivity index is 2.53. The zero-order valence-electron chi connectivity index (χ0n) is 6.62. The number of phenolic OH excluding ortho intramolecular Hbond substituents is 2. The summed E-state index contributed by atoms with van der Waals surface area (Å²) in [5.41, 5.74) is 0.613. The van der Waals surface area contributed by atoms with Gasteiger partial charge >= 0.3 is 0 Å². The van der Waals surface area contributed by atoms with E-state index in [1.54, 1.807) is 4.57 Å². The van der Waals surface area contributed by atoms with Crippen molar-refractivity contribution in [1.29, 1.82) is 0 Å². The Morgan fingerprint density at radius 1 is 0.923 bits per heavy atom. The molecule has 1 aromatic heterocycles. The van der Waals surface area contributed by atoms with Crippen LogP contribution in [0.15, 0.2) is 30.9 Å². The van der Waals surface area contributed by atoms with Crippen molar-refractivity contribution in [3.05, 3.63) is 30.9 Å². The van der Waals surface area contributed by atoms with E-state index in [1.165, 1.54) is 30.9 Å². The van der Waals surface area contributed by atoms with Gasteiger partial charge in [0.25, 0.3) is 0 Å². The molecule has 0 fully saturated rings. The van der Waals surface area contributed by atoms with E-state index in [0.29, 0.717) is 5.69 Å². The molecular formula is C8H7N3O2. The second kappa shape index (κ2) is 2.78. The molecule has 13 heavy (non-hydrogen) atoms. The lowest BCUT2D eigenvalue weighted by atomic mass is 10.3. The quantitative estimate of drug-likeness (QED) is 0.671. The molecule has 0 atom stereocenters. The van der Waals surface area contributed by atoms with Gasteiger partial charge in [-0.3, -0.25) is 4.57 Å². The lowest BCUT2D eigenvalue weighted by Gasteiger charge is -2.02. The van der Waals surface area contributed by atoms with E-state index in [0.717, 1.165) is 0 Å². The molecule has 2 rings (SSSR count). The van der Waals surface area contributed by atoms with Crippen molar-refractivity contribution in [2.75, 3.05) is 0 Å². The van der Waals surface area contributed by atoms with Crippen LogP contribution < -0.4 is 0 Å². The second-order valence-electron chi connectivity index (χ2n) is 2.58. The third-order valence-electron chi connectivity index (χ3n) is 1.60. The molecule has 0 unspecified atom stereocenters. The Labute approximate surface area is 73.9 Å². The normalized spacial score (nSPS) is 10.2. The summed E-state index contributed by atoms with van der Waals surface area (Å²) < 4.78 is 1.58. The number of phenols is 2. The Kier molecular flexibility index (Phi) is 1.63. The summed E-state index contributed by atoms with van der Waals surface area (Å²) >= 11 is 0. The lowest BCUT2D eigenvalue weighted by molar-refractivity contribution is 0.450. The summed E-state index contributed by atoms with van der Waals surface area (Å²) in [6.07, 6.45) is 2.96. The molecule has 0 aliphatic heterocycles. The molecule has 1 aromatic carbocycles. The monoisotopic (exact) mass is 177 g/mol. The van der Waals surface area contributed by atoms with Crippen LogP contribution in [0.5, 0.6) is 11.5 Å². The molecule has 5 nitrogen and oxygen atoms in total. The van der Waals surface area contributed by atoms with Crippen LogP contribution in [0.4, 0.5) is 0 Å². The number of nitrogens with zero attached hydrogens (tertiary/aromatic N) is 3. The highest BCUT2D eigenvalue weighted by atomic mass is 16.3. The van der Waals surface area contributed by atoms with Gasteiger partial charge < -0.3 is 10.2 Å². The van der Waals surface area contributed by atoms with E-state index < -0.39 is 0 Å². The Morgan fingerprint density at radius 3 is 2.00 bits per heavy atom. The molecule has 0 spiro atoms. The molecule has 1 heterocycles. The number of benzene rings is 1. The molecule has 0 saturated heterocycles. The maximum Gasteiger partial charge on any atom is 0.123 e. The Bertz CT molecular complexity index is 391. The summed E-state index contributed by atoms with van der Waals surface area (Å²) in [5, 5.41) is 25.6. The molecule has 2 N–H and O–H groups in total. The molecule has 5 heteroatoms.